The topological polar surface area (TPSA) is 46.3 Å². The minimum absolute atomic E-state index is 0.0269. The predicted molar refractivity (Wildman–Crippen MR) is 65.5 cm³/mol. The molecule has 1 unspecified atom stereocenters. The standard InChI is InChI=1S/C13H13F5N2O/c14-8-3-4-9(19)11(15)10(8)12(21)20-5-1-2-7(6-20)13(16,17)18/h3-4,7H,1-2,5-6,19H2. The predicted octanol–water partition coefficient (Wildman–Crippen LogP) is 2.96. The summed E-state index contributed by atoms with van der Waals surface area (Å²) in [5.41, 5.74) is 3.93. The molecule has 1 heterocycles. The van der Waals surface area contributed by atoms with Crippen LogP contribution in [0, 0.1) is 17.6 Å². The average Bonchev–Trinajstić information content (AvgIpc) is 2.42. The molecule has 1 aliphatic rings. The van der Waals surface area contributed by atoms with E-state index in [1.54, 1.807) is 0 Å². The first-order valence-corrected chi connectivity index (χ1v) is 6.31. The first-order chi connectivity index (χ1) is 9.71. The largest absolute Gasteiger partial charge is 0.396 e. The van der Waals surface area contributed by atoms with E-state index in [2.05, 4.69) is 0 Å². The van der Waals surface area contributed by atoms with Crippen molar-refractivity contribution in [2.24, 2.45) is 5.92 Å². The van der Waals surface area contributed by atoms with E-state index in [-0.39, 0.29) is 19.4 Å². The molecule has 0 bridgehead atoms. The summed E-state index contributed by atoms with van der Waals surface area (Å²) in [6, 6.07) is 1.77. The second-order valence-corrected chi connectivity index (χ2v) is 4.96. The van der Waals surface area contributed by atoms with E-state index in [9.17, 15) is 26.7 Å². The second kappa shape index (κ2) is 5.50. The summed E-state index contributed by atoms with van der Waals surface area (Å²) < 4.78 is 65.5. The van der Waals surface area contributed by atoms with Gasteiger partial charge in [-0.15, -0.1) is 0 Å². The van der Waals surface area contributed by atoms with Gasteiger partial charge in [0, 0.05) is 13.1 Å². The summed E-state index contributed by atoms with van der Waals surface area (Å²) in [5, 5.41) is 0. The third-order valence-corrected chi connectivity index (χ3v) is 3.51. The van der Waals surface area contributed by atoms with Crippen molar-refractivity contribution in [1.29, 1.82) is 0 Å². The van der Waals surface area contributed by atoms with Crippen molar-refractivity contribution in [2.75, 3.05) is 18.8 Å². The lowest BCUT2D eigenvalue weighted by atomic mass is 9.96. The first kappa shape index (κ1) is 15.5. The molecule has 2 rings (SSSR count). The van der Waals surface area contributed by atoms with Crippen LogP contribution in [0.3, 0.4) is 0 Å². The molecule has 0 saturated carbocycles. The quantitative estimate of drug-likeness (QED) is 0.640. The van der Waals surface area contributed by atoms with E-state index >= 15 is 0 Å². The molecule has 8 heteroatoms. The fourth-order valence-corrected chi connectivity index (χ4v) is 2.35. The molecule has 1 aliphatic heterocycles. The third-order valence-electron chi connectivity index (χ3n) is 3.51. The Hall–Kier alpha value is -1.86. The molecule has 21 heavy (non-hydrogen) atoms. The van der Waals surface area contributed by atoms with Gasteiger partial charge in [0.15, 0.2) is 5.82 Å². The fourth-order valence-electron chi connectivity index (χ4n) is 2.35. The van der Waals surface area contributed by atoms with E-state index in [0.717, 1.165) is 17.0 Å². The molecule has 1 fully saturated rings. The number of piperidine rings is 1. The zero-order chi connectivity index (χ0) is 15.8. The highest BCUT2D eigenvalue weighted by Crippen LogP contribution is 2.34. The van der Waals surface area contributed by atoms with Crippen LogP contribution in [0.5, 0.6) is 0 Å². The van der Waals surface area contributed by atoms with Crippen molar-refractivity contribution in [3.05, 3.63) is 29.3 Å². The van der Waals surface area contributed by atoms with E-state index in [1.807, 2.05) is 0 Å². The number of hydrogen-bond acceptors (Lipinski definition) is 2. The van der Waals surface area contributed by atoms with Gasteiger partial charge < -0.3 is 10.6 Å². The number of nitrogen functional groups attached to an aromatic ring is 1. The van der Waals surface area contributed by atoms with Crippen molar-refractivity contribution >= 4 is 11.6 Å². The monoisotopic (exact) mass is 308 g/mol. The number of carbonyl (C=O) groups is 1. The summed E-state index contributed by atoms with van der Waals surface area (Å²) in [6.45, 7) is -0.574. The smallest absolute Gasteiger partial charge is 0.393 e. The lowest BCUT2D eigenvalue weighted by Gasteiger charge is -2.33. The van der Waals surface area contributed by atoms with Crippen molar-refractivity contribution in [3.8, 4) is 0 Å². The number of hydrogen-bond donors (Lipinski definition) is 1. The minimum Gasteiger partial charge on any atom is -0.396 e. The van der Waals surface area contributed by atoms with E-state index in [0.29, 0.717) is 0 Å². The Morgan fingerprint density at radius 2 is 1.95 bits per heavy atom. The molecule has 0 aliphatic carbocycles. The number of nitrogens with zero attached hydrogens (tertiary/aromatic N) is 1. The molecule has 1 atom stereocenters. The van der Waals surface area contributed by atoms with E-state index in [4.69, 9.17) is 5.73 Å². The summed E-state index contributed by atoms with van der Waals surface area (Å²) >= 11 is 0. The number of halogens is 5. The van der Waals surface area contributed by atoms with Crippen LogP contribution in [0.15, 0.2) is 12.1 Å². The maximum atomic E-state index is 13.8. The van der Waals surface area contributed by atoms with Crippen LogP contribution in [-0.4, -0.2) is 30.1 Å². The molecule has 3 nitrogen and oxygen atoms in total. The van der Waals surface area contributed by atoms with Gasteiger partial charge in [-0.3, -0.25) is 4.79 Å². The highest BCUT2D eigenvalue weighted by atomic mass is 19.4. The number of amides is 1. The number of likely N-dealkylation sites (tertiary alicyclic amines) is 1. The molecule has 1 aromatic rings. The normalized spacial score (nSPS) is 19.7. The van der Waals surface area contributed by atoms with Gasteiger partial charge in [-0.25, -0.2) is 8.78 Å². The zero-order valence-electron chi connectivity index (χ0n) is 10.9. The van der Waals surface area contributed by atoms with E-state index < -0.39 is 47.4 Å². The Morgan fingerprint density at radius 1 is 1.29 bits per heavy atom. The van der Waals surface area contributed by atoms with Crippen LogP contribution in [0.25, 0.3) is 0 Å². The molecule has 1 saturated heterocycles. The lowest BCUT2D eigenvalue weighted by molar-refractivity contribution is -0.184. The molecule has 0 radical (unpaired) electrons. The zero-order valence-corrected chi connectivity index (χ0v) is 10.9. The molecule has 0 aromatic heterocycles. The van der Waals surface area contributed by atoms with Gasteiger partial charge in [-0.05, 0) is 25.0 Å². The van der Waals surface area contributed by atoms with E-state index in [1.165, 1.54) is 0 Å². The van der Waals surface area contributed by atoms with Gasteiger partial charge in [-0.2, -0.15) is 13.2 Å². The first-order valence-electron chi connectivity index (χ1n) is 6.31. The number of anilines is 1. The van der Waals surface area contributed by atoms with Crippen LogP contribution in [0.1, 0.15) is 23.2 Å². The Balaban J connectivity index is 2.27. The van der Waals surface area contributed by atoms with Crippen molar-refractivity contribution in [3.63, 3.8) is 0 Å². The maximum absolute atomic E-state index is 13.8. The van der Waals surface area contributed by atoms with Gasteiger partial charge in [-0.1, -0.05) is 0 Å². The van der Waals surface area contributed by atoms with Crippen LogP contribution in [0.4, 0.5) is 27.6 Å². The Kier molecular flexibility index (Phi) is 4.06. The average molecular weight is 308 g/mol. The number of carbonyl (C=O) groups excluding carboxylic acids is 1. The SMILES string of the molecule is Nc1ccc(F)c(C(=O)N2CCCC(C(F)(F)F)C2)c1F. The van der Waals surface area contributed by atoms with Gasteiger partial charge in [0.25, 0.3) is 5.91 Å². The Labute approximate surface area is 117 Å². The summed E-state index contributed by atoms with van der Waals surface area (Å²) in [5.74, 6) is -5.16. The number of rotatable bonds is 1. The van der Waals surface area contributed by atoms with Crippen molar-refractivity contribution in [1.82, 2.24) is 4.90 Å². The highest BCUT2D eigenvalue weighted by Gasteiger charge is 2.43. The third kappa shape index (κ3) is 3.08. The van der Waals surface area contributed by atoms with Gasteiger partial charge in [0.2, 0.25) is 0 Å². The van der Waals surface area contributed by atoms with Crippen LogP contribution >= 0.6 is 0 Å². The maximum Gasteiger partial charge on any atom is 0.393 e. The summed E-state index contributed by atoms with van der Waals surface area (Å²) in [4.78, 5) is 12.9. The number of benzene rings is 1. The number of alkyl halides is 3. The Morgan fingerprint density at radius 3 is 2.57 bits per heavy atom. The van der Waals surface area contributed by atoms with Gasteiger partial charge >= 0.3 is 6.18 Å². The molecule has 116 valence electrons. The molecular formula is C13H13F5N2O. The summed E-state index contributed by atoms with van der Waals surface area (Å²) in [7, 11) is 0. The molecule has 1 aromatic carbocycles. The fraction of sp³-hybridized carbons (Fsp3) is 0.462. The number of nitrogens with two attached hydrogens (primary N) is 1. The minimum atomic E-state index is -4.44. The van der Waals surface area contributed by atoms with Crippen molar-refractivity contribution < 1.29 is 26.7 Å². The Bertz CT molecular complexity index is 558. The van der Waals surface area contributed by atoms with Crippen LogP contribution in [-0.2, 0) is 0 Å². The highest BCUT2D eigenvalue weighted by molar-refractivity contribution is 5.95. The van der Waals surface area contributed by atoms with Crippen LogP contribution in [0.2, 0.25) is 0 Å². The molecule has 2 N–H and O–H groups in total. The van der Waals surface area contributed by atoms with Gasteiger partial charge in [0.1, 0.15) is 11.4 Å². The molecular weight excluding hydrogens is 295 g/mol. The molecule has 1 amide bonds. The second-order valence-electron chi connectivity index (χ2n) is 4.96. The molecule has 0 spiro atoms. The lowest BCUT2D eigenvalue weighted by Crippen LogP contribution is -2.45. The van der Waals surface area contributed by atoms with Crippen molar-refractivity contribution in [2.45, 2.75) is 19.0 Å². The summed E-state index contributed by atoms with van der Waals surface area (Å²) in [6.07, 6.45) is -4.41. The van der Waals surface area contributed by atoms with Gasteiger partial charge in [0.05, 0.1) is 11.6 Å². The van der Waals surface area contributed by atoms with Crippen LogP contribution < -0.4 is 5.73 Å².